The van der Waals surface area contributed by atoms with Crippen LogP contribution in [0.5, 0.6) is 0 Å². The summed E-state index contributed by atoms with van der Waals surface area (Å²) in [6.07, 6.45) is 3.61. The lowest BCUT2D eigenvalue weighted by molar-refractivity contribution is -0.127. The van der Waals surface area contributed by atoms with Crippen molar-refractivity contribution in [1.82, 2.24) is 10.2 Å². The zero-order valence-corrected chi connectivity index (χ0v) is 10.3. The summed E-state index contributed by atoms with van der Waals surface area (Å²) >= 11 is 0. The topological polar surface area (TPSA) is 75.4 Å². The molecule has 3 unspecified atom stereocenters. The minimum atomic E-state index is -0.283. The van der Waals surface area contributed by atoms with Crippen LogP contribution in [0.4, 0.5) is 0 Å². The van der Waals surface area contributed by atoms with Gasteiger partial charge in [0.25, 0.3) is 0 Å². The maximum absolute atomic E-state index is 11.7. The molecule has 2 fully saturated rings. The first-order chi connectivity index (χ1) is 8.15. The van der Waals surface area contributed by atoms with Crippen molar-refractivity contribution < 1.29 is 9.59 Å². The Morgan fingerprint density at radius 3 is 2.76 bits per heavy atom. The molecule has 0 spiro atoms. The number of nitrogens with zero attached hydrogens (tertiary/aromatic N) is 1. The average molecular weight is 239 g/mol. The van der Waals surface area contributed by atoms with E-state index in [1.165, 1.54) is 6.42 Å². The fraction of sp³-hybridized carbons (Fsp3) is 0.833. The molecule has 5 heteroatoms. The minimum Gasteiger partial charge on any atom is -0.329 e. The molecule has 2 heterocycles. The molecule has 0 radical (unpaired) electrons. The van der Waals surface area contributed by atoms with Crippen LogP contribution in [0, 0.1) is 5.92 Å². The lowest BCUT2D eigenvalue weighted by atomic mass is 9.87. The van der Waals surface area contributed by atoms with E-state index in [9.17, 15) is 9.59 Å². The third kappa shape index (κ3) is 2.50. The Kier molecular flexibility index (Phi) is 3.79. The third-order valence-electron chi connectivity index (χ3n) is 4.06. The molecular formula is C12H21N3O2. The van der Waals surface area contributed by atoms with Crippen LogP contribution in [0.2, 0.25) is 0 Å². The van der Waals surface area contributed by atoms with Crippen LogP contribution in [0.1, 0.15) is 32.6 Å². The standard InChI is InChI=1S/C12H21N3O2/c1-2-8-3-4-15(9(5-8)7-13)10-6-11(16)14-12(10)17/h8-10H,2-7,13H2,1H3,(H,14,16,17). The number of rotatable bonds is 3. The highest BCUT2D eigenvalue weighted by Crippen LogP contribution is 2.28. The second kappa shape index (κ2) is 5.14. The van der Waals surface area contributed by atoms with Crippen molar-refractivity contribution in [3.05, 3.63) is 0 Å². The van der Waals surface area contributed by atoms with Gasteiger partial charge in [0.2, 0.25) is 11.8 Å². The van der Waals surface area contributed by atoms with Gasteiger partial charge in [-0.25, -0.2) is 0 Å². The van der Waals surface area contributed by atoms with Crippen LogP contribution in [0.3, 0.4) is 0 Å². The number of nitrogens with two attached hydrogens (primary N) is 1. The zero-order chi connectivity index (χ0) is 12.4. The molecule has 0 bridgehead atoms. The molecule has 96 valence electrons. The van der Waals surface area contributed by atoms with Gasteiger partial charge in [-0.15, -0.1) is 0 Å². The van der Waals surface area contributed by atoms with Crippen LogP contribution in [-0.4, -0.2) is 41.9 Å². The Morgan fingerprint density at radius 2 is 2.24 bits per heavy atom. The van der Waals surface area contributed by atoms with Crippen molar-refractivity contribution >= 4 is 11.8 Å². The van der Waals surface area contributed by atoms with Gasteiger partial charge in [-0.1, -0.05) is 13.3 Å². The monoisotopic (exact) mass is 239 g/mol. The second-order valence-corrected chi connectivity index (χ2v) is 5.06. The number of piperidine rings is 1. The van der Waals surface area contributed by atoms with Crippen molar-refractivity contribution in [2.24, 2.45) is 11.7 Å². The van der Waals surface area contributed by atoms with E-state index in [0.717, 1.165) is 19.4 Å². The van der Waals surface area contributed by atoms with E-state index in [1.807, 2.05) is 0 Å². The SMILES string of the molecule is CCC1CCN(C2CC(=O)NC2=O)C(CN)C1. The Bertz CT molecular complexity index is 319. The quantitative estimate of drug-likeness (QED) is 0.672. The molecule has 3 N–H and O–H groups in total. The number of nitrogens with one attached hydrogen (secondary N) is 1. The number of likely N-dealkylation sites (tertiary alicyclic amines) is 1. The second-order valence-electron chi connectivity index (χ2n) is 5.06. The molecule has 17 heavy (non-hydrogen) atoms. The highest BCUT2D eigenvalue weighted by atomic mass is 16.2. The molecule has 2 saturated heterocycles. The smallest absolute Gasteiger partial charge is 0.244 e. The average Bonchev–Trinajstić information content (AvgIpc) is 2.67. The van der Waals surface area contributed by atoms with Gasteiger partial charge in [-0.05, 0) is 25.3 Å². The first-order valence-electron chi connectivity index (χ1n) is 6.45. The maximum atomic E-state index is 11.7. The number of carbonyl (C=O) groups excluding carboxylic acids is 2. The molecule has 5 nitrogen and oxygen atoms in total. The largest absolute Gasteiger partial charge is 0.329 e. The molecule has 2 amide bonds. The van der Waals surface area contributed by atoms with Gasteiger partial charge in [-0.2, -0.15) is 0 Å². The van der Waals surface area contributed by atoms with Crippen LogP contribution in [0.25, 0.3) is 0 Å². The van der Waals surface area contributed by atoms with Gasteiger partial charge in [0.15, 0.2) is 0 Å². The fourth-order valence-corrected chi connectivity index (χ4v) is 2.97. The lowest BCUT2D eigenvalue weighted by Crippen LogP contribution is -2.53. The summed E-state index contributed by atoms with van der Waals surface area (Å²) in [7, 11) is 0. The van der Waals surface area contributed by atoms with E-state index in [4.69, 9.17) is 5.73 Å². The van der Waals surface area contributed by atoms with Gasteiger partial charge in [0, 0.05) is 12.6 Å². The Balaban J connectivity index is 2.05. The number of imide groups is 1. The van der Waals surface area contributed by atoms with Crippen LogP contribution < -0.4 is 11.1 Å². The molecule has 0 aliphatic carbocycles. The van der Waals surface area contributed by atoms with Gasteiger partial charge in [0.1, 0.15) is 0 Å². The Hall–Kier alpha value is -0.940. The summed E-state index contributed by atoms with van der Waals surface area (Å²) in [5.41, 5.74) is 5.80. The van der Waals surface area contributed by atoms with E-state index >= 15 is 0 Å². The number of amides is 2. The first-order valence-corrected chi connectivity index (χ1v) is 6.45. The summed E-state index contributed by atoms with van der Waals surface area (Å²) in [5.74, 6) is 0.400. The Morgan fingerprint density at radius 1 is 1.47 bits per heavy atom. The first kappa shape index (κ1) is 12.5. The summed E-state index contributed by atoms with van der Waals surface area (Å²) in [6.45, 7) is 3.64. The van der Waals surface area contributed by atoms with Crippen molar-refractivity contribution in [3.63, 3.8) is 0 Å². The van der Waals surface area contributed by atoms with E-state index in [1.54, 1.807) is 0 Å². The van der Waals surface area contributed by atoms with Crippen LogP contribution in [0.15, 0.2) is 0 Å². The van der Waals surface area contributed by atoms with E-state index < -0.39 is 0 Å². The van der Waals surface area contributed by atoms with Crippen LogP contribution >= 0.6 is 0 Å². The zero-order valence-electron chi connectivity index (χ0n) is 10.3. The highest BCUT2D eigenvalue weighted by molar-refractivity contribution is 6.05. The molecule has 0 aromatic carbocycles. The van der Waals surface area contributed by atoms with Crippen molar-refractivity contribution in [1.29, 1.82) is 0 Å². The van der Waals surface area contributed by atoms with Crippen molar-refractivity contribution in [2.45, 2.75) is 44.7 Å². The fourth-order valence-electron chi connectivity index (χ4n) is 2.97. The molecule has 2 rings (SSSR count). The van der Waals surface area contributed by atoms with Crippen molar-refractivity contribution in [3.8, 4) is 0 Å². The van der Waals surface area contributed by atoms with Gasteiger partial charge < -0.3 is 5.73 Å². The summed E-state index contributed by atoms with van der Waals surface area (Å²) in [4.78, 5) is 25.0. The van der Waals surface area contributed by atoms with Gasteiger partial charge in [0.05, 0.1) is 12.5 Å². The Labute approximate surface area is 102 Å². The molecule has 0 aromatic rings. The summed E-state index contributed by atoms with van der Waals surface area (Å²) < 4.78 is 0. The number of hydrogen-bond donors (Lipinski definition) is 2. The number of carbonyl (C=O) groups is 2. The maximum Gasteiger partial charge on any atom is 0.244 e. The van der Waals surface area contributed by atoms with E-state index in [-0.39, 0.29) is 23.9 Å². The van der Waals surface area contributed by atoms with E-state index in [2.05, 4.69) is 17.1 Å². The molecule has 2 aliphatic rings. The van der Waals surface area contributed by atoms with Crippen molar-refractivity contribution in [2.75, 3.05) is 13.1 Å². The molecular weight excluding hydrogens is 218 g/mol. The summed E-state index contributed by atoms with van der Waals surface area (Å²) in [5, 5.41) is 2.37. The molecule has 0 aromatic heterocycles. The summed E-state index contributed by atoms with van der Waals surface area (Å²) in [6, 6.07) is -0.0378. The molecule has 2 aliphatic heterocycles. The normalized spacial score (nSPS) is 35.1. The molecule has 0 saturated carbocycles. The number of hydrogen-bond acceptors (Lipinski definition) is 4. The minimum absolute atomic E-state index is 0.150. The third-order valence-corrected chi connectivity index (χ3v) is 4.06. The van der Waals surface area contributed by atoms with E-state index in [0.29, 0.717) is 18.9 Å². The highest BCUT2D eigenvalue weighted by Gasteiger charge is 2.40. The van der Waals surface area contributed by atoms with Gasteiger partial charge in [-0.3, -0.25) is 19.8 Å². The van der Waals surface area contributed by atoms with Crippen LogP contribution in [-0.2, 0) is 9.59 Å². The lowest BCUT2D eigenvalue weighted by Gasteiger charge is -2.41. The van der Waals surface area contributed by atoms with Gasteiger partial charge >= 0.3 is 0 Å². The predicted octanol–water partition coefficient (Wildman–Crippen LogP) is -0.149. The molecule has 3 atom stereocenters. The predicted molar refractivity (Wildman–Crippen MR) is 64.1 cm³/mol.